The molecule has 1 aromatic rings. The van der Waals surface area contributed by atoms with Crippen LogP contribution >= 0.6 is 15.9 Å². The number of benzene rings is 1. The Kier molecular flexibility index (Phi) is 4.46. The molecule has 0 aliphatic heterocycles. The Labute approximate surface area is 114 Å². The van der Waals surface area contributed by atoms with E-state index < -0.39 is 33.5 Å². The summed E-state index contributed by atoms with van der Waals surface area (Å²) in [6.45, 7) is 0. The SMILES string of the molecule is O=C(O)CS(=O)(=O)Nc1cc(Br)cc(C(F)(F)F)c1. The van der Waals surface area contributed by atoms with Crippen molar-refractivity contribution in [1.29, 1.82) is 0 Å². The predicted octanol–water partition coefficient (Wildman–Crippen LogP) is 2.29. The number of hydrogen-bond acceptors (Lipinski definition) is 3. The molecule has 0 aliphatic carbocycles. The molecule has 2 N–H and O–H groups in total. The normalized spacial score (nSPS) is 12.2. The van der Waals surface area contributed by atoms with E-state index in [9.17, 15) is 26.4 Å². The molecule has 0 bridgehead atoms. The summed E-state index contributed by atoms with van der Waals surface area (Å²) >= 11 is 2.81. The molecule has 5 nitrogen and oxygen atoms in total. The number of sulfonamides is 1. The van der Waals surface area contributed by atoms with E-state index in [-0.39, 0.29) is 10.2 Å². The molecule has 0 heterocycles. The molecular formula is C9H7BrF3NO4S. The highest BCUT2D eigenvalue weighted by Gasteiger charge is 2.31. The molecule has 19 heavy (non-hydrogen) atoms. The molecule has 0 saturated heterocycles. The van der Waals surface area contributed by atoms with Crippen molar-refractivity contribution >= 4 is 37.6 Å². The van der Waals surface area contributed by atoms with Crippen LogP contribution in [0.15, 0.2) is 22.7 Å². The van der Waals surface area contributed by atoms with Crippen LogP contribution in [0, 0.1) is 0 Å². The monoisotopic (exact) mass is 361 g/mol. The van der Waals surface area contributed by atoms with Gasteiger partial charge in [-0.3, -0.25) is 9.52 Å². The lowest BCUT2D eigenvalue weighted by Crippen LogP contribution is -2.22. The Balaban J connectivity index is 3.09. The Hall–Kier alpha value is -1.29. The van der Waals surface area contributed by atoms with Crippen molar-refractivity contribution in [3.63, 3.8) is 0 Å². The third kappa shape index (κ3) is 5.07. The average Bonchev–Trinajstić information content (AvgIpc) is 2.11. The molecule has 0 aliphatic rings. The number of nitrogens with one attached hydrogen (secondary N) is 1. The molecule has 0 saturated carbocycles. The van der Waals surface area contributed by atoms with Crippen molar-refractivity contribution in [3.8, 4) is 0 Å². The standard InChI is InChI=1S/C9H7BrF3NO4S/c10-6-1-5(9(11,12)13)2-7(3-6)14-19(17,18)4-8(15)16/h1-3,14H,4H2,(H,15,16). The van der Waals surface area contributed by atoms with Crippen LogP contribution < -0.4 is 4.72 Å². The van der Waals surface area contributed by atoms with Gasteiger partial charge in [-0.25, -0.2) is 8.42 Å². The summed E-state index contributed by atoms with van der Waals surface area (Å²) < 4.78 is 61.9. The van der Waals surface area contributed by atoms with E-state index in [2.05, 4.69) is 15.9 Å². The lowest BCUT2D eigenvalue weighted by atomic mass is 10.2. The maximum atomic E-state index is 12.5. The molecule has 10 heteroatoms. The maximum Gasteiger partial charge on any atom is 0.416 e. The van der Waals surface area contributed by atoms with Crippen LogP contribution in [0.1, 0.15) is 5.56 Å². The molecule has 0 aromatic heterocycles. The summed E-state index contributed by atoms with van der Waals surface area (Å²) in [5.74, 6) is -2.85. The largest absolute Gasteiger partial charge is 0.480 e. The fraction of sp³-hybridized carbons (Fsp3) is 0.222. The van der Waals surface area contributed by atoms with Gasteiger partial charge in [0.15, 0.2) is 5.75 Å². The Bertz CT molecular complexity index is 600. The number of carboxylic acids is 1. The van der Waals surface area contributed by atoms with Gasteiger partial charge in [-0.1, -0.05) is 15.9 Å². The number of hydrogen-bond donors (Lipinski definition) is 2. The molecule has 0 spiro atoms. The smallest absolute Gasteiger partial charge is 0.416 e. The lowest BCUT2D eigenvalue weighted by Gasteiger charge is -2.11. The van der Waals surface area contributed by atoms with Gasteiger partial charge in [0, 0.05) is 4.47 Å². The van der Waals surface area contributed by atoms with Crippen molar-refractivity contribution < 1.29 is 31.5 Å². The molecule has 1 rings (SSSR count). The highest BCUT2D eigenvalue weighted by Crippen LogP contribution is 2.33. The summed E-state index contributed by atoms with van der Waals surface area (Å²) in [5.41, 5.74) is -1.43. The zero-order valence-corrected chi connectivity index (χ0v) is 11.4. The van der Waals surface area contributed by atoms with E-state index in [1.165, 1.54) is 0 Å². The predicted molar refractivity (Wildman–Crippen MR) is 64.2 cm³/mol. The molecule has 0 fully saturated rings. The van der Waals surface area contributed by atoms with Crippen molar-refractivity contribution in [2.45, 2.75) is 6.18 Å². The van der Waals surface area contributed by atoms with Gasteiger partial charge in [-0.2, -0.15) is 13.2 Å². The molecule has 0 radical (unpaired) electrons. The number of anilines is 1. The van der Waals surface area contributed by atoms with Gasteiger partial charge in [0.25, 0.3) is 0 Å². The van der Waals surface area contributed by atoms with Crippen LogP contribution in [0.5, 0.6) is 0 Å². The van der Waals surface area contributed by atoms with Gasteiger partial charge in [-0.05, 0) is 18.2 Å². The van der Waals surface area contributed by atoms with E-state index in [4.69, 9.17) is 5.11 Å². The first-order valence-electron chi connectivity index (χ1n) is 4.60. The summed E-state index contributed by atoms with van der Waals surface area (Å²) in [4.78, 5) is 10.3. The highest BCUT2D eigenvalue weighted by molar-refractivity contribution is 9.10. The number of carbonyl (C=O) groups is 1. The van der Waals surface area contributed by atoms with Crippen LogP contribution in [-0.2, 0) is 21.0 Å². The molecule has 106 valence electrons. The first kappa shape index (κ1) is 15.8. The van der Waals surface area contributed by atoms with Gasteiger partial charge >= 0.3 is 12.1 Å². The second kappa shape index (κ2) is 5.37. The zero-order chi connectivity index (χ0) is 14.8. The van der Waals surface area contributed by atoms with Gasteiger partial charge < -0.3 is 5.11 Å². The highest BCUT2D eigenvalue weighted by atomic mass is 79.9. The summed E-state index contributed by atoms with van der Waals surface area (Å²) in [7, 11) is -4.25. The molecule has 0 unspecified atom stereocenters. The fourth-order valence-corrected chi connectivity index (χ4v) is 2.56. The van der Waals surface area contributed by atoms with Gasteiger partial charge in [-0.15, -0.1) is 0 Å². The van der Waals surface area contributed by atoms with E-state index in [1.54, 1.807) is 4.72 Å². The van der Waals surface area contributed by atoms with Crippen LogP contribution in [0.4, 0.5) is 18.9 Å². The maximum absolute atomic E-state index is 12.5. The minimum absolute atomic E-state index is 0.00958. The van der Waals surface area contributed by atoms with E-state index in [1.807, 2.05) is 0 Å². The van der Waals surface area contributed by atoms with Gasteiger partial charge in [0.1, 0.15) is 0 Å². The molecular weight excluding hydrogens is 355 g/mol. The summed E-state index contributed by atoms with van der Waals surface area (Å²) in [6.07, 6.45) is -4.64. The van der Waals surface area contributed by atoms with E-state index in [0.717, 1.165) is 12.1 Å². The minimum Gasteiger partial charge on any atom is -0.480 e. The number of alkyl halides is 3. The molecule has 0 amide bonds. The van der Waals surface area contributed by atoms with E-state index in [0.29, 0.717) is 6.07 Å². The van der Waals surface area contributed by atoms with Crippen molar-refractivity contribution in [3.05, 3.63) is 28.2 Å². The second-order valence-electron chi connectivity index (χ2n) is 3.48. The van der Waals surface area contributed by atoms with Gasteiger partial charge in [0.2, 0.25) is 10.0 Å². The van der Waals surface area contributed by atoms with Crippen molar-refractivity contribution in [2.75, 3.05) is 10.5 Å². The quantitative estimate of drug-likeness (QED) is 0.861. The Morgan fingerprint density at radius 2 is 1.89 bits per heavy atom. The van der Waals surface area contributed by atoms with Crippen LogP contribution in [0.3, 0.4) is 0 Å². The third-order valence-electron chi connectivity index (χ3n) is 1.81. The number of halogens is 4. The molecule has 0 atom stereocenters. The van der Waals surface area contributed by atoms with Gasteiger partial charge in [0.05, 0.1) is 11.3 Å². The summed E-state index contributed by atoms with van der Waals surface area (Å²) in [6, 6.07) is 2.44. The van der Waals surface area contributed by atoms with Crippen LogP contribution in [0.25, 0.3) is 0 Å². The van der Waals surface area contributed by atoms with Crippen molar-refractivity contribution in [2.24, 2.45) is 0 Å². The van der Waals surface area contributed by atoms with Crippen LogP contribution in [0.2, 0.25) is 0 Å². The first-order chi connectivity index (χ1) is 8.49. The summed E-state index contributed by atoms with van der Waals surface area (Å²) in [5, 5.41) is 8.36. The lowest BCUT2D eigenvalue weighted by molar-refractivity contribution is -0.137. The minimum atomic E-state index is -4.64. The Morgan fingerprint density at radius 3 is 2.37 bits per heavy atom. The average molecular weight is 362 g/mol. The number of carboxylic acid groups (broad SMARTS) is 1. The number of aliphatic carboxylic acids is 1. The topological polar surface area (TPSA) is 83.5 Å². The van der Waals surface area contributed by atoms with Crippen LogP contribution in [-0.4, -0.2) is 25.2 Å². The molecule has 1 aromatic carbocycles. The second-order valence-corrected chi connectivity index (χ2v) is 6.12. The Morgan fingerprint density at radius 1 is 1.32 bits per heavy atom. The van der Waals surface area contributed by atoms with E-state index >= 15 is 0 Å². The number of rotatable bonds is 4. The third-order valence-corrected chi connectivity index (χ3v) is 3.44. The zero-order valence-electron chi connectivity index (χ0n) is 9.03. The fourth-order valence-electron chi connectivity index (χ4n) is 1.19. The van der Waals surface area contributed by atoms with Crippen molar-refractivity contribution in [1.82, 2.24) is 0 Å². The first-order valence-corrected chi connectivity index (χ1v) is 7.04.